The highest BCUT2D eigenvalue weighted by molar-refractivity contribution is 5.30. The van der Waals surface area contributed by atoms with E-state index >= 15 is 0 Å². The zero-order chi connectivity index (χ0) is 10.0. The number of rotatable bonds is 1. The first-order valence-electron chi connectivity index (χ1n) is 3.17. The Hall–Kier alpha value is -1.77. The molecule has 0 saturated heterocycles. The fourth-order valence-electron chi connectivity index (χ4n) is 0.765. The molecule has 1 aromatic heterocycles. The van der Waals surface area contributed by atoms with Gasteiger partial charge in [-0.3, -0.25) is 9.78 Å². The zero-order valence-electron chi connectivity index (χ0n) is 6.14. The molecule has 0 amide bonds. The summed E-state index contributed by atoms with van der Waals surface area (Å²) in [6.45, 7) is 0. The molecule has 1 rings (SSSR count). The van der Waals surface area contributed by atoms with Crippen molar-refractivity contribution < 1.29 is 13.2 Å². The fourth-order valence-corrected chi connectivity index (χ4v) is 0.765. The van der Waals surface area contributed by atoms with Gasteiger partial charge in [-0.25, -0.2) is 8.78 Å². The summed E-state index contributed by atoms with van der Waals surface area (Å²) in [5, 5.41) is 8.28. The second-order valence-corrected chi connectivity index (χ2v) is 2.19. The van der Waals surface area contributed by atoms with E-state index in [4.69, 9.17) is 5.26 Å². The molecule has 13 heavy (non-hydrogen) atoms. The van der Waals surface area contributed by atoms with Crippen LogP contribution in [-0.2, 0) is 0 Å². The van der Waals surface area contributed by atoms with E-state index in [-0.39, 0.29) is 0 Å². The summed E-state index contributed by atoms with van der Waals surface area (Å²) in [6.07, 6.45) is -3.05. The summed E-state index contributed by atoms with van der Waals surface area (Å²) in [7, 11) is 0. The Morgan fingerprint density at radius 3 is 2.62 bits per heavy atom. The van der Waals surface area contributed by atoms with E-state index in [2.05, 4.69) is 0 Å². The van der Waals surface area contributed by atoms with Crippen LogP contribution in [0.15, 0.2) is 10.9 Å². The Kier molecular flexibility index (Phi) is 2.37. The molecule has 0 fully saturated rings. The molecule has 0 bridgehead atoms. The number of pyridine rings is 1. The Labute approximate surface area is 70.4 Å². The molecule has 0 aliphatic heterocycles. The lowest BCUT2D eigenvalue weighted by molar-refractivity contribution is 0.145. The van der Waals surface area contributed by atoms with Crippen molar-refractivity contribution in [1.82, 2.24) is 4.98 Å². The van der Waals surface area contributed by atoms with Gasteiger partial charge in [0.05, 0.1) is 5.56 Å². The molecule has 0 spiro atoms. The number of nitriles is 1. The first kappa shape index (κ1) is 9.32. The summed E-state index contributed by atoms with van der Waals surface area (Å²) in [6, 6.07) is 1.91. The Morgan fingerprint density at radius 2 is 2.15 bits per heavy atom. The molecule has 6 heteroatoms. The number of nitrogens with one attached hydrogen (secondary N) is 1. The van der Waals surface area contributed by atoms with Crippen molar-refractivity contribution in [2.75, 3.05) is 0 Å². The van der Waals surface area contributed by atoms with Gasteiger partial charge in [-0.1, -0.05) is 0 Å². The maximum atomic E-state index is 12.6. The van der Waals surface area contributed by atoms with E-state index in [0.717, 1.165) is 0 Å². The second-order valence-electron chi connectivity index (χ2n) is 2.19. The van der Waals surface area contributed by atoms with Gasteiger partial charge >= 0.3 is 0 Å². The molecule has 1 N–H and O–H groups in total. The minimum atomic E-state index is -3.05. The smallest absolute Gasteiger partial charge is 0.268 e. The predicted molar refractivity (Wildman–Crippen MR) is 36.7 cm³/mol. The van der Waals surface area contributed by atoms with Gasteiger partial charge in [0.2, 0.25) is 5.95 Å². The van der Waals surface area contributed by atoms with Gasteiger partial charge < -0.3 is 0 Å². The fraction of sp³-hybridized carbons (Fsp3) is 0.143. The molecule has 68 valence electrons. The average Bonchev–Trinajstić information content (AvgIpc) is 2.03. The van der Waals surface area contributed by atoms with E-state index in [9.17, 15) is 18.0 Å². The van der Waals surface area contributed by atoms with Crippen LogP contribution in [0, 0.1) is 17.3 Å². The van der Waals surface area contributed by atoms with E-state index in [1.807, 2.05) is 0 Å². The minimum Gasteiger partial charge on any atom is -0.297 e. The molecule has 3 nitrogen and oxygen atoms in total. The van der Waals surface area contributed by atoms with Gasteiger partial charge in [0.15, 0.2) is 0 Å². The third-order valence-electron chi connectivity index (χ3n) is 1.38. The van der Waals surface area contributed by atoms with Crippen molar-refractivity contribution in [3.63, 3.8) is 0 Å². The van der Waals surface area contributed by atoms with E-state index < -0.39 is 29.1 Å². The van der Waals surface area contributed by atoms with Crippen LogP contribution in [0.25, 0.3) is 0 Å². The van der Waals surface area contributed by atoms with Crippen LogP contribution in [0.4, 0.5) is 13.2 Å². The minimum absolute atomic E-state index is 0.531. The quantitative estimate of drug-likeness (QED) is 0.675. The molecule has 0 atom stereocenters. The van der Waals surface area contributed by atoms with Crippen molar-refractivity contribution in [3.05, 3.63) is 33.5 Å². The third-order valence-corrected chi connectivity index (χ3v) is 1.38. The summed E-state index contributed by atoms with van der Waals surface area (Å²) < 4.78 is 36.6. The SMILES string of the molecule is N#Cc1cc(C(F)F)c(F)[nH]c1=O. The van der Waals surface area contributed by atoms with Gasteiger partial charge in [0, 0.05) is 0 Å². The van der Waals surface area contributed by atoms with Gasteiger partial charge in [-0.15, -0.1) is 0 Å². The highest BCUT2D eigenvalue weighted by atomic mass is 19.3. The van der Waals surface area contributed by atoms with Crippen molar-refractivity contribution in [1.29, 1.82) is 5.26 Å². The lowest BCUT2D eigenvalue weighted by Gasteiger charge is -2.00. The molecule has 1 heterocycles. The van der Waals surface area contributed by atoms with Gasteiger partial charge in [-0.2, -0.15) is 9.65 Å². The molecule has 0 radical (unpaired) electrons. The summed E-state index contributed by atoms with van der Waals surface area (Å²) in [4.78, 5) is 12.2. The van der Waals surface area contributed by atoms with Crippen LogP contribution in [0.3, 0.4) is 0 Å². The van der Waals surface area contributed by atoms with Gasteiger partial charge in [0.1, 0.15) is 11.6 Å². The highest BCUT2D eigenvalue weighted by Crippen LogP contribution is 2.19. The average molecular weight is 188 g/mol. The van der Waals surface area contributed by atoms with E-state index in [1.165, 1.54) is 11.1 Å². The van der Waals surface area contributed by atoms with Crippen molar-refractivity contribution >= 4 is 0 Å². The standard InChI is InChI=1S/C7H3F3N2O/c8-5(9)4-1-3(2-11)7(13)12-6(4)10/h1,5H,(H,12,13). The third kappa shape index (κ3) is 1.69. The summed E-state index contributed by atoms with van der Waals surface area (Å²) in [5.41, 5.74) is -2.52. The van der Waals surface area contributed by atoms with Gasteiger partial charge in [-0.05, 0) is 6.07 Å². The van der Waals surface area contributed by atoms with Crippen molar-refractivity contribution in [2.45, 2.75) is 6.43 Å². The molecule has 0 aliphatic rings. The number of aromatic amines is 1. The second kappa shape index (κ2) is 3.31. The Balaban J connectivity index is 3.42. The molecule has 1 aromatic rings. The van der Waals surface area contributed by atoms with Crippen molar-refractivity contribution in [3.8, 4) is 6.07 Å². The van der Waals surface area contributed by atoms with Gasteiger partial charge in [0.25, 0.3) is 12.0 Å². The number of aromatic nitrogens is 1. The van der Waals surface area contributed by atoms with Crippen molar-refractivity contribution in [2.24, 2.45) is 0 Å². The Bertz CT molecular complexity index is 419. The van der Waals surface area contributed by atoms with Crippen LogP contribution < -0.4 is 5.56 Å². The summed E-state index contributed by atoms with van der Waals surface area (Å²) in [5.74, 6) is -1.40. The number of nitrogens with zero attached hydrogens (tertiary/aromatic N) is 1. The predicted octanol–water partition coefficient (Wildman–Crippen LogP) is 1.32. The van der Waals surface area contributed by atoms with Crippen LogP contribution in [0.1, 0.15) is 17.6 Å². The summed E-state index contributed by atoms with van der Waals surface area (Å²) >= 11 is 0. The first-order valence-corrected chi connectivity index (χ1v) is 3.17. The van der Waals surface area contributed by atoms with Crippen LogP contribution in [-0.4, -0.2) is 4.98 Å². The lowest BCUT2D eigenvalue weighted by atomic mass is 10.2. The number of alkyl halides is 2. The number of hydrogen-bond donors (Lipinski definition) is 1. The molecular formula is C7H3F3N2O. The topological polar surface area (TPSA) is 56.6 Å². The lowest BCUT2D eigenvalue weighted by Crippen LogP contribution is -2.14. The molecule has 0 aromatic carbocycles. The number of H-pyrrole nitrogens is 1. The number of hydrogen-bond acceptors (Lipinski definition) is 2. The largest absolute Gasteiger partial charge is 0.297 e. The molecular weight excluding hydrogens is 185 g/mol. The van der Waals surface area contributed by atoms with Crippen LogP contribution in [0.2, 0.25) is 0 Å². The first-order chi connectivity index (χ1) is 6.06. The normalized spacial score (nSPS) is 10.1. The highest BCUT2D eigenvalue weighted by Gasteiger charge is 2.16. The maximum Gasteiger partial charge on any atom is 0.268 e. The zero-order valence-corrected chi connectivity index (χ0v) is 6.14. The van der Waals surface area contributed by atoms with Crippen LogP contribution in [0.5, 0.6) is 0 Å². The molecule has 0 unspecified atom stereocenters. The molecule has 0 aliphatic carbocycles. The Morgan fingerprint density at radius 1 is 1.54 bits per heavy atom. The monoisotopic (exact) mass is 188 g/mol. The molecule has 0 saturated carbocycles. The number of halogens is 3. The van der Waals surface area contributed by atoms with Crippen LogP contribution >= 0.6 is 0 Å². The van der Waals surface area contributed by atoms with E-state index in [0.29, 0.717) is 6.07 Å². The maximum absolute atomic E-state index is 12.6. The van der Waals surface area contributed by atoms with E-state index in [1.54, 1.807) is 0 Å².